The third-order valence-electron chi connectivity index (χ3n) is 15.0. The molecule has 11 aromatic carbocycles. The summed E-state index contributed by atoms with van der Waals surface area (Å²) in [7, 11) is 0. The number of para-hydroxylation sites is 2. The lowest BCUT2D eigenvalue weighted by Crippen LogP contribution is -2.26. The van der Waals surface area contributed by atoms with Gasteiger partial charge >= 0.3 is 0 Å². The fraction of sp³-hybridized carbons (Fsp3) is 0.0154. The monoisotopic (exact) mass is 864 g/mol. The topological polar surface area (TPSA) is 21.3 Å². The number of fused-ring (bicyclic) bond motifs is 18. The second-order valence-corrected chi connectivity index (χ2v) is 18.3. The SMILES string of the molecule is c1ccc(-n2c3cc(-c4ccc(N(c5ccc6c(c5)oc5ccccc56)c5cccc6c5-c5ccccc5C65c6ccccc6-c6ccccc65)cc4)ccc3c3ccc4ccccc4c32)cc1. The van der Waals surface area contributed by atoms with E-state index in [2.05, 4.69) is 246 Å². The van der Waals surface area contributed by atoms with Gasteiger partial charge in [-0.1, -0.05) is 182 Å². The summed E-state index contributed by atoms with van der Waals surface area (Å²) in [6, 6.07) is 89.3. The Kier molecular flexibility index (Phi) is 7.71. The van der Waals surface area contributed by atoms with Crippen molar-refractivity contribution in [1.29, 1.82) is 0 Å². The van der Waals surface area contributed by atoms with Gasteiger partial charge in [0.2, 0.25) is 0 Å². The molecule has 0 saturated carbocycles. The number of hydrogen-bond donors (Lipinski definition) is 0. The highest BCUT2D eigenvalue weighted by Crippen LogP contribution is 2.64. The molecule has 3 nitrogen and oxygen atoms in total. The zero-order valence-corrected chi connectivity index (χ0v) is 36.9. The van der Waals surface area contributed by atoms with Crippen LogP contribution in [0.2, 0.25) is 0 Å². The van der Waals surface area contributed by atoms with Crippen LogP contribution in [0.1, 0.15) is 22.3 Å². The number of nitrogens with zero attached hydrogens (tertiary/aromatic N) is 2. The minimum absolute atomic E-state index is 0.458. The third-order valence-corrected chi connectivity index (χ3v) is 15.0. The summed E-state index contributed by atoms with van der Waals surface area (Å²) in [4.78, 5) is 2.44. The van der Waals surface area contributed by atoms with Gasteiger partial charge in [0, 0.05) is 55.6 Å². The average Bonchev–Trinajstić information content (AvgIpc) is 4.13. The maximum atomic E-state index is 6.59. The van der Waals surface area contributed by atoms with Gasteiger partial charge in [0.25, 0.3) is 0 Å². The van der Waals surface area contributed by atoms with E-state index in [-0.39, 0.29) is 0 Å². The van der Waals surface area contributed by atoms with E-state index in [1.807, 2.05) is 6.07 Å². The Bertz CT molecular complexity index is 4170. The summed E-state index contributed by atoms with van der Waals surface area (Å²) in [5, 5.41) is 7.21. The van der Waals surface area contributed by atoms with Gasteiger partial charge in [-0.25, -0.2) is 0 Å². The Morgan fingerprint density at radius 2 is 0.956 bits per heavy atom. The normalized spacial score (nSPS) is 13.1. The number of anilines is 3. The molecule has 0 N–H and O–H groups in total. The van der Waals surface area contributed by atoms with Gasteiger partial charge < -0.3 is 13.9 Å². The van der Waals surface area contributed by atoms with Crippen LogP contribution >= 0.6 is 0 Å². The molecule has 0 bridgehead atoms. The average molecular weight is 865 g/mol. The van der Waals surface area contributed by atoms with Crippen molar-refractivity contribution in [1.82, 2.24) is 4.57 Å². The van der Waals surface area contributed by atoms with Crippen molar-refractivity contribution in [3.8, 4) is 39.1 Å². The molecule has 0 unspecified atom stereocenters. The van der Waals surface area contributed by atoms with Crippen molar-refractivity contribution in [3.05, 3.63) is 265 Å². The molecule has 316 valence electrons. The van der Waals surface area contributed by atoms with E-state index in [4.69, 9.17) is 4.42 Å². The van der Waals surface area contributed by atoms with Gasteiger partial charge in [-0.15, -0.1) is 0 Å². The van der Waals surface area contributed by atoms with E-state index in [0.29, 0.717) is 0 Å². The molecule has 0 atom stereocenters. The molecule has 2 aromatic heterocycles. The van der Waals surface area contributed by atoms with Crippen LogP contribution in [-0.4, -0.2) is 4.57 Å². The zero-order chi connectivity index (χ0) is 44.5. The van der Waals surface area contributed by atoms with E-state index in [1.165, 1.54) is 82.6 Å². The highest BCUT2D eigenvalue weighted by molar-refractivity contribution is 6.19. The Hall–Kier alpha value is -8.92. The molecule has 15 rings (SSSR count). The van der Waals surface area contributed by atoms with E-state index < -0.39 is 5.41 Å². The number of hydrogen-bond acceptors (Lipinski definition) is 2. The van der Waals surface area contributed by atoms with Crippen molar-refractivity contribution >= 4 is 71.6 Å². The summed E-state index contributed by atoms with van der Waals surface area (Å²) < 4.78 is 9.04. The van der Waals surface area contributed by atoms with Gasteiger partial charge in [0.1, 0.15) is 11.2 Å². The molecule has 68 heavy (non-hydrogen) atoms. The quantitative estimate of drug-likeness (QED) is 0.172. The first-order chi connectivity index (χ1) is 33.7. The summed E-state index contributed by atoms with van der Waals surface area (Å²) >= 11 is 0. The fourth-order valence-corrected chi connectivity index (χ4v) is 12.2. The molecule has 2 heterocycles. The summed E-state index contributed by atoms with van der Waals surface area (Å²) in [6.07, 6.45) is 0. The first kappa shape index (κ1) is 37.3. The number of rotatable bonds is 5. The van der Waals surface area contributed by atoms with Gasteiger partial charge in [0.05, 0.1) is 22.1 Å². The van der Waals surface area contributed by atoms with Crippen LogP contribution in [0.4, 0.5) is 17.1 Å². The van der Waals surface area contributed by atoms with Crippen LogP contribution in [-0.2, 0) is 5.41 Å². The predicted octanol–water partition coefficient (Wildman–Crippen LogP) is 17.3. The Labute approximate surface area is 393 Å². The lowest BCUT2D eigenvalue weighted by Gasteiger charge is -2.31. The van der Waals surface area contributed by atoms with Gasteiger partial charge in [0.15, 0.2) is 0 Å². The maximum absolute atomic E-state index is 6.59. The molecule has 0 saturated heterocycles. The van der Waals surface area contributed by atoms with Crippen LogP contribution in [0.5, 0.6) is 0 Å². The van der Waals surface area contributed by atoms with Crippen molar-refractivity contribution in [3.63, 3.8) is 0 Å². The standard InChI is InChI=1S/C65H40N2O/c1-2-16-44(17-3-1)67-60-39-43(32-36-50(60)53-37-31-42-15-4-5-18-47(42)64(53)67)41-29-33-45(34-30-41)66(46-35-38-52-51-21-9-13-28-61(51)68-62(52)40-46)59-27-14-26-58-63(59)54-22-8-12-25-57(54)65(58)55-23-10-6-19-48(55)49-20-7-11-24-56(49)65/h1-40H. The molecule has 0 fully saturated rings. The lowest BCUT2D eigenvalue weighted by molar-refractivity contribution is 0.669. The molecule has 1 spiro atoms. The molecule has 0 radical (unpaired) electrons. The minimum Gasteiger partial charge on any atom is -0.456 e. The van der Waals surface area contributed by atoms with Gasteiger partial charge in [-0.05, 0) is 110 Å². The first-order valence-electron chi connectivity index (χ1n) is 23.5. The minimum atomic E-state index is -0.458. The van der Waals surface area contributed by atoms with Crippen molar-refractivity contribution in [2.75, 3.05) is 4.90 Å². The molecule has 0 amide bonds. The van der Waals surface area contributed by atoms with Crippen LogP contribution in [0.25, 0.3) is 93.6 Å². The van der Waals surface area contributed by atoms with Crippen LogP contribution in [0.15, 0.2) is 247 Å². The third kappa shape index (κ3) is 5.02. The largest absolute Gasteiger partial charge is 0.456 e. The fourth-order valence-electron chi connectivity index (χ4n) is 12.2. The highest BCUT2D eigenvalue weighted by Gasteiger charge is 2.52. The first-order valence-corrected chi connectivity index (χ1v) is 23.5. The van der Waals surface area contributed by atoms with Gasteiger partial charge in [-0.3, -0.25) is 0 Å². The van der Waals surface area contributed by atoms with Crippen LogP contribution in [0.3, 0.4) is 0 Å². The van der Waals surface area contributed by atoms with E-state index in [9.17, 15) is 0 Å². The summed E-state index contributed by atoms with van der Waals surface area (Å²) in [6.45, 7) is 0. The molecular weight excluding hydrogens is 825 g/mol. The Balaban J connectivity index is 0.940. The Morgan fingerprint density at radius 3 is 1.75 bits per heavy atom. The molecule has 0 aliphatic heterocycles. The molecule has 3 heteroatoms. The van der Waals surface area contributed by atoms with E-state index in [0.717, 1.165) is 50.3 Å². The number of benzene rings is 11. The molecular formula is C65H40N2O. The second kappa shape index (κ2) is 14.0. The van der Waals surface area contributed by atoms with Crippen molar-refractivity contribution in [2.45, 2.75) is 5.41 Å². The predicted molar refractivity (Wildman–Crippen MR) is 282 cm³/mol. The van der Waals surface area contributed by atoms with Crippen molar-refractivity contribution in [2.24, 2.45) is 0 Å². The smallest absolute Gasteiger partial charge is 0.137 e. The van der Waals surface area contributed by atoms with E-state index >= 15 is 0 Å². The number of furan rings is 1. The second-order valence-electron chi connectivity index (χ2n) is 18.3. The Morgan fingerprint density at radius 1 is 0.368 bits per heavy atom. The lowest BCUT2D eigenvalue weighted by atomic mass is 9.70. The highest BCUT2D eigenvalue weighted by atomic mass is 16.3. The molecule has 2 aliphatic carbocycles. The van der Waals surface area contributed by atoms with Crippen molar-refractivity contribution < 1.29 is 4.42 Å². The van der Waals surface area contributed by atoms with Crippen LogP contribution in [0, 0.1) is 0 Å². The summed E-state index contributed by atoms with van der Waals surface area (Å²) in [5.74, 6) is 0. The maximum Gasteiger partial charge on any atom is 0.137 e. The van der Waals surface area contributed by atoms with Gasteiger partial charge in [-0.2, -0.15) is 0 Å². The van der Waals surface area contributed by atoms with Crippen LogP contribution < -0.4 is 4.90 Å². The zero-order valence-electron chi connectivity index (χ0n) is 36.9. The summed E-state index contributed by atoms with van der Waals surface area (Å²) in [5.41, 5.74) is 20.8. The number of aromatic nitrogens is 1. The molecule has 13 aromatic rings. The molecule has 2 aliphatic rings. The van der Waals surface area contributed by atoms with E-state index in [1.54, 1.807) is 0 Å².